The third-order valence-corrected chi connectivity index (χ3v) is 3.54. The maximum Gasteiger partial charge on any atom is 0.126 e. The van der Waals surface area contributed by atoms with Gasteiger partial charge in [0.1, 0.15) is 5.82 Å². The van der Waals surface area contributed by atoms with Crippen LogP contribution in [0.5, 0.6) is 0 Å². The van der Waals surface area contributed by atoms with Gasteiger partial charge in [-0.15, -0.1) is 0 Å². The van der Waals surface area contributed by atoms with Crippen molar-refractivity contribution in [1.29, 1.82) is 0 Å². The zero-order valence-electron chi connectivity index (χ0n) is 11.2. The van der Waals surface area contributed by atoms with E-state index in [9.17, 15) is 4.39 Å². The fourth-order valence-electron chi connectivity index (χ4n) is 2.22. The highest BCUT2D eigenvalue weighted by Gasteiger charge is 2.10. The summed E-state index contributed by atoms with van der Waals surface area (Å²) in [5.41, 5.74) is 1.80. The number of halogens is 1. The highest BCUT2D eigenvalue weighted by atomic mass is 19.1. The summed E-state index contributed by atoms with van der Waals surface area (Å²) >= 11 is 0. The molecular weight excluding hydrogens is 229 g/mol. The van der Waals surface area contributed by atoms with Crippen LogP contribution in [0.15, 0.2) is 18.2 Å². The predicted octanol–water partition coefficient (Wildman–Crippen LogP) is 1.48. The highest BCUT2D eigenvalue weighted by molar-refractivity contribution is 5.48. The van der Waals surface area contributed by atoms with Crippen molar-refractivity contribution in [2.75, 3.05) is 51.2 Å². The van der Waals surface area contributed by atoms with Crippen LogP contribution in [0.1, 0.15) is 5.56 Å². The van der Waals surface area contributed by atoms with E-state index in [1.54, 1.807) is 6.07 Å². The number of anilines is 1. The number of nitrogens with one attached hydrogen (secondary N) is 1. The van der Waals surface area contributed by atoms with Crippen LogP contribution >= 0.6 is 0 Å². The zero-order valence-corrected chi connectivity index (χ0v) is 11.2. The van der Waals surface area contributed by atoms with Crippen LogP contribution in [0.25, 0.3) is 0 Å². The van der Waals surface area contributed by atoms with Gasteiger partial charge < -0.3 is 10.2 Å². The van der Waals surface area contributed by atoms with Gasteiger partial charge >= 0.3 is 0 Å². The van der Waals surface area contributed by atoms with E-state index in [1.165, 1.54) is 0 Å². The van der Waals surface area contributed by atoms with Crippen LogP contribution in [0.4, 0.5) is 10.1 Å². The average Bonchev–Trinajstić information content (AvgIpc) is 2.40. The van der Waals surface area contributed by atoms with Gasteiger partial charge in [-0.1, -0.05) is 0 Å². The topological polar surface area (TPSA) is 18.5 Å². The van der Waals surface area contributed by atoms with Crippen LogP contribution in [-0.2, 0) is 0 Å². The third kappa shape index (κ3) is 3.43. The molecule has 0 aliphatic carbocycles. The number of nitrogens with zero attached hydrogens (tertiary/aromatic N) is 2. The molecule has 1 aliphatic heterocycles. The van der Waals surface area contributed by atoms with E-state index < -0.39 is 0 Å². The predicted molar refractivity (Wildman–Crippen MR) is 73.7 cm³/mol. The van der Waals surface area contributed by atoms with Gasteiger partial charge in [-0.3, -0.25) is 4.90 Å². The summed E-state index contributed by atoms with van der Waals surface area (Å²) in [5, 5.41) is 3.35. The van der Waals surface area contributed by atoms with E-state index in [4.69, 9.17) is 0 Å². The van der Waals surface area contributed by atoms with Gasteiger partial charge in [-0.05, 0) is 30.7 Å². The molecule has 1 fully saturated rings. The second-order valence-corrected chi connectivity index (χ2v) is 4.95. The Balaban J connectivity index is 1.86. The Morgan fingerprint density at radius 3 is 2.72 bits per heavy atom. The highest BCUT2D eigenvalue weighted by Crippen LogP contribution is 2.16. The molecular formula is C14H22FN3. The Kier molecular flexibility index (Phi) is 4.55. The van der Waals surface area contributed by atoms with E-state index in [0.717, 1.165) is 45.0 Å². The number of piperazine rings is 1. The Morgan fingerprint density at radius 2 is 2.06 bits per heavy atom. The standard InChI is InChI=1S/C14H22FN3/c1-12-11-13(3-4-14(12)15)17(2)9-10-18-7-5-16-6-8-18/h3-4,11,16H,5-10H2,1-2H3. The zero-order chi connectivity index (χ0) is 13.0. The molecule has 3 nitrogen and oxygen atoms in total. The summed E-state index contributed by atoms with van der Waals surface area (Å²) in [6.45, 7) is 8.26. The minimum Gasteiger partial charge on any atom is -0.373 e. The number of aryl methyl sites for hydroxylation is 1. The van der Waals surface area contributed by atoms with Crippen LogP contribution in [0, 0.1) is 12.7 Å². The summed E-state index contributed by atoms with van der Waals surface area (Å²) in [7, 11) is 2.06. The molecule has 2 rings (SSSR count). The van der Waals surface area contributed by atoms with Crippen molar-refractivity contribution in [3.05, 3.63) is 29.6 Å². The first-order valence-electron chi connectivity index (χ1n) is 6.57. The van der Waals surface area contributed by atoms with E-state index in [0.29, 0.717) is 5.56 Å². The molecule has 4 heteroatoms. The maximum atomic E-state index is 13.2. The number of hydrogen-bond donors (Lipinski definition) is 1. The molecule has 1 saturated heterocycles. The van der Waals surface area contributed by atoms with E-state index in [-0.39, 0.29) is 5.82 Å². The van der Waals surface area contributed by atoms with E-state index in [1.807, 2.05) is 19.1 Å². The first kappa shape index (κ1) is 13.3. The summed E-state index contributed by atoms with van der Waals surface area (Å²) in [4.78, 5) is 4.65. The summed E-state index contributed by atoms with van der Waals surface area (Å²) in [6.07, 6.45) is 0. The molecule has 0 unspecified atom stereocenters. The van der Waals surface area contributed by atoms with Gasteiger partial charge in [0.05, 0.1) is 0 Å². The maximum absolute atomic E-state index is 13.2. The third-order valence-electron chi connectivity index (χ3n) is 3.54. The summed E-state index contributed by atoms with van der Waals surface area (Å²) < 4.78 is 13.2. The smallest absolute Gasteiger partial charge is 0.126 e. The second-order valence-electron chi connectivity index (χ2n) is 4.95. The van der Waals surface area contributed by atoms with Crippen molar-refractivity contribution in [2.24, 2.45) is 0 Å². The Bertz CT molecular complexity index is 389. The van der Waals surface area contributed by atoms with Gasteiger partial charge in [-0.25, -0.2) is 4.39 Å². The molecule has 1 heterocycles. The number of hydrogen-bond acceptors (Lipinski definition) is 3. The Hall–Kier alpha value is -1.13. The average molecular weight is 251 g/mol. The minimum absolute atomic E-state index is 0.130. The van der Waals surface area contributed by atoms with Crippen LogP contribution in [0.2, 0.25) is 0 Å². The monoisotopic (exact) mass is 251 g/mol. The molecule has 0 spiro atoms. The van der Waals surface area contributed by atoms with Crippen molar-refractivity contribution in [1.82, 2.24) is 10.2 Å². The molecule has 0 bridgehead atoms. The van der Waals surface area contributed by atoms with Crippen LogP contribution in [0.3, 0.4) is 0 Å². The quantitative estimate of drug-likeness (QED) is 0.874. The minimum atomic E-state index is -0.130. The number of benzene rings is 1. The van der Waals surface area contributed by atoms with Gasteiger partial charge in [0.25, 0.3) is 0 Å². The Morgan fingerprint density at radius 1 is 1.33 bits per heavy atom. The molecule has 18 heavy (non-hydrogen) atoms. The lowest BCUT2D eigenvalue weighted by Gasteiger charge is -2.29. The molecule has 1 aromatic carbocycles. The molecule has 0 aromatic heterocycles. The van der Waals surface area contributed by atoms with Crippen LogP contribution < -0.4 is 10.2 Å². The molecule has 1 N–H and O–H groups in total. The molecule has 0 atom stereocenters. The van der Waals surface area contributed by atoms with Crippen molar-refractivity contribution in [3.8, 4) is 0 Å². The first-order chi connectivity index (χ1) is 8.66. The lowest BCUT2D eigenvalue weighted by molar-refractivity contribution is 0.246. The SMILES string of the molecule is Cc1cc(N(C)CCN2CCNCC2)ccc1F. The van der Waals surface area contributed by atoms with E-state index >= 15 is 0 Å². The molecule has 1 aliphatic rings. The molecule has 100 valence electrons. The fourth-order valence-corrected chi connectivity index (χ4v) is 2.22. The molecule has 0 radical (unpaired) electrons. The second kappa shape index (κ2) is 6.16. The van der Waals surface area contributed by atoms with Crippen molar-refractivity contribution < 1.29 is 4.39 Å². The molecule has 1 aromatic rings. The summed E-state index contributed by atoms with van der Waals surface area (Å²) in [6, 6.07) is 5.30. The van der Waals surface area contributed by atoms with Crippen LogP contribution in [-0.4, -0.2) is 51.2 Å². The number of rotatable bonds is 4. The van der Waals surface area contributed by atoms with Gasteiger partial charge in [0, 0.05) is 52.0 Å². The van der Waals surface area contributed by atoms with Gasteiger partial charge in [0.2, 0.25) is 0 Å². The normalized spacial score (nSPS) is 16.8. The van der Waals surface area contributed by atoms with Gasteiger partial charge in [-0.2, -0.15) is 0 Å². The largest absolute Gasteiger partial charge is 0.373 e. The van der Waals surface area contributed by atoms with Crippen molar-refractivity contribution in [3.63, 3.8) is 0 Å². The van der Waals surface area contributed by atoms with Gasteiger partial charge in [0.15, 0.2) is 0 Å². The van der Waals surface area contributed by atoms with E-state index in [2.05, 4.69) is 22.2 Å². The molecule has 0 amide bonds. The summed E-state index contributed by atoms with van der Waals surface area (Å²) in [5.74, 6) is -0.130. The lowest BCUT2D eigenvalue weighted by Crippen LogP contribution is -2.46. The fraction of sp³-hybridized carbons (Fsp3) is 0.571. The lowest BCUT2D eigenvalue weighted by atomic mass is 10.2. The molecule has 0 saturated carbocycles. The Labute approximate surface area is 109 Å². The van der Waals surface area contributed by atoms with Crippen molar-refractivity contribution >= 4 is 5.69 Å². The first-order valence-corrected chi connectivity index (χ1v) is 6.57. The number of likely N-dealkylation sites (N-methyl/N-ethyl adjacent to an activating group) is 1. The van der Waals surface area contributed by atoms with Crippen molar-refractivity contribution in [2.45, 2.75) is 6.92 Å².